The maximum atomic E-state index is 14.9. The van der Waals surface area contributed by atoms with Crippen LogP contribution in [0.4, 0.5) is 15.9 Å². The molecule has 1 unspecified atom stereocenters. The molecule has 8 heteroatoms. The first-order valence-corrected chi connectivity index (χ1v) is 12.2. The molecule has 5 rings (SSSR count). The number of nitrogen functional groups attached to an aromatic ring is 1. The molecule has 3 heterocycles. The van der Waals surface area contributed by atoms with Gasteiger partial charge in [-0.05, 0) is 57.0 Å². The van der Waals surface area contributed by atoms with Crippen LogP contribution in [-0.4, -0.2) is 59.0 Å². The van der Waals surface area contributed by atoms with Crippen LogP contribution in [0.2, 0.25) is 0 Å². The lowest BCUT2D eigenvalue weighted by Gasteiger charge is -2.43. The van der Waals surface area contributed by atoms with Gasteiger partial charge in [0.2, 0.25) is 5.95 Å². The second-order valence-corrected chi connectivity index (χ2v) is 9.65. The van der Waals surface area contributed by atoms with Gasteiger partial charge in [0.15, 0.2) is 5.82 Å². The number of rotatable bonds is 4. The summed E-state index contributed by atoms with van der Waals surface area (Å²) in [6.45, 7) is 10.3. The van der Waals surface area contributed by atoms with Crippen molar-refractivity contribution in [1.82, 2.24) is 20.2 Å². The monoisotopic (exact) mass is 474 g/mol. The lowest BCUT2D eigenvalue weighted by molar-refractivity contribution is 0.0946. The number of halogens is 1. The molecule has 0 bridgehead atoms. The summed E-state index contributed by atoms with van der Waals surface area (Å²) in [7, 11) is 0. The summed E-state index contributed by atoms with van der Waals surface area (Å²) in [6, 6.07) is 14.2. The number of anilines is 2. The molecule has 3 N–H and O–H groups in total. The van der Waals surface area contributed by atoms with Crippen molar-refractivity contribution in [2.45, 2.75) is 39.3 Å². The minimum Gasteiger partial charge on any atom is -0.382 e. The van der Waals surface area contributed by atoms with E-state index in [1.54, 1.807) is 12.1 Å². The minimum atomic E-state index is -0.699. The fourth-order valence-electron chi connectivity index (χ4n) is 5.05. The van der Waals surface area contributed by atoms with E-state index in [0.29, 0.717) is 35.4 Å². The lowest BCUT2D eigenvalue weighted by Crippen LogP contribution is -2.53. The number of nitrogens with one attached hydrogen (secondary N) is 1. The van der Waals surface area contributed by atoms with Crippen LogP contribution in [0.25, 0.3) is 22.5 Å². The number of piperazine rings is 1. The zero-order valence-electron chi connectivity index (χ0n) is 20.4. The van der Waals surface area contributed by atoms with Crippen LogP contribution in [0.15, 0.2) is 42.5 Å². The standard InChI is InChI=1S/C27H31FN6O/c1-16(2)33-12-13-34(17(3)15-33)21-7-4-18(5-8-21)23-25(28)32-26(29)24(31-23)20-6-9-22-19(14-20)10-11-30-27(22)35/h4-9,14,16-17H,10-13,15H2,1-3H3,(H2,29,32)(H,30,35). The Labute approximate surface area is 205 Å². The molecule has 35 heavy (non-hydrogen) atoms. The van der Waals surface area contributed by atoms with Crippen molar-refractivity contribution < 1.29 is 9.18 Å². The number of fused-ring (bicyclic) bond motifs is 1. The molecule has 182 valence electrons. The molecule has 0 radical (unpaired) electrons. The molecule has 2 aliphatic rings. The summed E-state index contributed by atoms with van der Waals surface area (Å²) in [5.41, 5.74) is 10.7. The molecule has 1 fully saturated rings. The van der Waals surface area contributed by atoms with E-state index in [4.69, 9.17) is 5.73 Å². The number of aromatic nitrogens is 2. The van der Waals surface area contributed by atoms with Crippen molar-refractivity contribution >= 4 is 17.4 Å². The quantitative estimate of drug-likeness (QED) is 0.599. The molecule has 1 amide bonds. The maximum Gasteiger partial charge on any atom is 0.251 e. The van der Waals surface area contributed by atoms with Crippen molar-refractivity contribution in [2.75, 3.05) is 36.8 Å². The largest absolute Gasteiger partial charge is 0.382 e. The van der Waals surface area contributed by atoms with E-state index in [1.165, 1.54) is 0 Å². The Balaban J connectivity index is 1.43. The van der Waals surface area contributed by atoms with Crippen LogP contribution in [0.5, 0.6) is 0 Å². The van der Waals surface area contributed by atoms with Crippen molar-refractivity contribution in [3.63, 3.8) is 0 Å². The van der Waals surface area contributed by atoms with Gasteiger partial charge < -0.3 is 16.0 Å². The summed E-state index contributed by atoms with van der Waals surface area (Å²) < 4.78 is 14.9. The Bertz CT molecular complexity index is 1260. The van der Waals surface area contributed by atoms with Crippen LogP contribution in [-0.2, 0) is 6.42 Å². The Morgan fingerprint density at radius 1 is 1.06 bits per heavy atom. The van der Waals surface area contributed by atoms with E-state index in [-0.39, 0.29) is 17.4 Å². The highest BCUT2D eigenvalue weighted by atomic mass is 19.1. The molecular formula is C27H31FN6O. The Morgan fingerprint density at radius 2 is 1.80 bits per heavy atom. The topological polar surface area (TPSA) is 87.4 Å². The Kier molecular flexibility index (Phi) is 6.15. The van der Waals surface area contributed by atoms with E-state index in [9.17, 15) is 9.18 Å². The fourth-order valence-corrected chi connectivity index (χ4v) is 5.05. The van der Waals surface area contributed by atoms with Crippen molar-refractivity contribution in [2.24, 2.45) is 0 Å². The Hall–Kier alpha value is -3.52. The molecule has 0 saturated carbocycles. The molecular weight excluding hydrogens is 443 g/mol. The van der Waals surface area contributed by atoms with Crippen LogP contribution in [0, 0.1) is 5.95 Å². The number of benzene rings is 2. The highest BCUT2D eigenvalue weighted by molar-refractivity contribution is 5.97. The van der Waals surface area contributed by atoms with Gasteiger partial charge in [-0.2, -0.15) is 9.37 Å². The highest BCUT2D eigenvalue weighted by Gasteiger charge is 2.25. The first-order valence-electron chi connectivity index (χ1n) is 12.2. The van der Waals surface area contributed by atoms with Gasteiger partial charge in [-0.25, -0.2) is 4.98 Å². The predicted octanol–water partition coefficient (Wildman–Crippen LogP) is 3.74. The summed E-state index contributed by atoms with van der Waals surface area (Å²) in [5.74, 6) is -0.758. The number of nitrogens with zero attached hydrogens (tertiary/aromatic N) is 4. The number of hydrogen-bond donors (Lipinski definition) is 2. The normalized spacial score (nSPS) is 18.5. The van der Waals surface area contributed by atoms with E-state index in [0.717, 1.165) is 42.9 Å². The van der Waals surface area contributed by atoms with E-state index in [1.807, 2.05) is 30.3 Å². The van der Waals surface area contributed by atoms with Gasteiger partial charge in [-0.3, -0.25) is 9.69 Å². The number of amides is 1. The Morgan fingerprint density at radius 3 is 2.51 bits per heavy atom. The predicted molar refractivity (Wildman–Crippen MR) is 137 cm³/mol. The number of carbonyl (C=O) groups is 1. The van der Waals surface area contributed by atoms with Crippen LogP contribution >= 0.6 is 0 Å². The van der Waals surface area contributed by atoms with Crippen molar-refractivity contribution in [3.8, 4) is 22.5 Å². The average molecular weight is 475 g/mol. The van der Waals surface area contributed by atoms with Gasteiger partial charge in [0, 0.05) is 60.6 Å². The smallest absolute Gasteiger partial charge is 0.251 e. The second kappa shape index (κ2) is 9.26. The number of carbonyl (C=O) groups excluding carboxylic acids is 1. The molecule has 0 spiro atoms. The average Bonchev–Trinajstić information content (AvgIpc) is 2.84. The highest BCUT2D eigenvalue weighted by Crippen LogP contribution is 2.31. The summed E-state index contributed by atoms with van der Waals surface area (Å²) in [5, 5.41) is 2.84. The fraction of sp³-hybridized carbons (Fsp3) is 0.370. The van der Waals surface area contributed by atoms with E-state index < -0.39 is 5.95 Å². The summed E-state index contributed by atoms with van der Waals surface area (Å²) >= 11 is 0. The van der Waals surface area contributed by atoms with Crippen LogP contribution in [0.3, 0.4) is 0 Å². The third-order valence-electron chi connectivity index (χ3n) is 7.05. The SMILES string of the molecule is CC(C)N1CCN(c2ccc(-c3nc(-c4ccc5c(c4)CCNC5=O)c(N)nc3F)cc2)C(C)C1. The molecule has 2 aliphatic heterocycles. The van der Waals surface area contributed by atoms with Gasteiger partial charge in [0.1, 0.15) is 11.4 Å². The number of nitrogens with two attached hydrogens (primary N) is 1. The molecule has 1 saturated heterocycles. The van der Waals surface area contributed by atoms with E-state index in [2.05, 4.69) is 45.9 Å². The third kappa shape index (κ3) is 4.46. The third-order valence-corrected chi connectivity index (χ3v) is 7.05. The lowest BCUT2D eigenvalue weighted by atomic mass is 9.96. The van der Waals surface area contributed by atoms with Crippen molar-refractivity contribution in [3.05, 3.63) is 59.5 Å². The molecule has 2 aromatic carbocycles. The molecule has 7 nitrogen and oxygen atoms in total. The first-order chi connectivity index (χ1) is 16.8. The number of hydrogen-bond acceptors (Lipinski definition) is 6. The zero-order chi connectivity index (χ0) is 24.7. The molecule has 1 aromatic heterocycles. The second-order valence-electron chi connectivity index (χ2n) is 9.65. The molecule has 1 atom stereocenters. The van der Waals surface area contributed by atoms with Gasteiger partial charge in [-0.15, -0.1) is 0 Å². The van der Waals surface area contributed by atoms with E-state index >= 15 is 0 Å². The maximum absolute atomic E-state index is 14.9. The van der Waals surface area contributed by atoms with Crippen molar-refractivity contribution in [1.29, 1.82) is 0 Å². The summed E-state index contributed by atoms with van der Waals surface area (Å²) in [6.07, 6.45) is 0.724. The molecule has 3 aromatic rings. The van der Waals surface area contributed by atoms with Gasteiger partial charge in [0.05, 0.1) is 0 Å². The molecule has 0 aliphatic carbocycles. The van der Waals surface area contributed by atoms with Gasteiger partial charge in [-0.1, -0.05) is 18.2 Å². The van der Waals surface area contributed by atoms with Crippen LogP contribution < -0.4 is 16.0 Å². The van der Waals surface area contributed by atoms with Crippen LogP contribution in [0.1, 0.15) is 36.7 Å². The first kappa shape index (κ1) is 23.2. The van der Waals surface area contributed by atoms with Gasteiger partial charge in [0.25, 0.3) is 5.91 Å². The minimum absolute atomic E-state index is 0.0277. The van der Waals surface area contributed by atoms with Gasteiger partial charge >= 0.3 is 0 Å². The zero-order valence-corrected chi connectivity index (χ0v) is 20.4. The summed E-state index contributed by atoms with van der Waals surface area (Å²) in [4.78, 5) is 25.5.